The highest BCUT2D eigenvalue weighted by molar-refractivity contribution is 7.89. The van der Waals surface area contributed by atoms with Gasteiger partial charge < -0.3 is 0 Å². The number of benzene rings is 1. The van der Waals surface area contributed by atoms with Gasteiger partial charge >= 0.3 is 0 Å². The van der Waals surface area contributed by atoms with Crippen molar-refractivity contribution in [2.24, 2.45) is 0 Å². The molecule has 0 fully saturated rings. The van der Waals surface area contributed by atoms with Crippen LogP contribution in [0.1, 0.15) is 48.1 Å². The van der Waals surface area contributed by atoms with Crippen molar-refractivity contribution in [3.63, 3.8) is 0 Å². The lowest BCUT2D eigenvalue weighted by molar-refractivity contribution is 0.538. The van der Waals surface area contributed by atoms with Crippen LogP contribution in [0.15, 0.2) is 29.3 Å². The summed E-state index contributed by atoms with van der Waals surface area (Å²) in [6.45, 7) is 0.951. The molecule has 4 rings (SSSR count). The van der Waals surface area contributed by atoms with Gasteiger partial charge in [-0.1, -0.05) is 6.07 Å². The highest BCUT2D eigenvalue weighted by atomic mass is 32.2. The molecule has 1 heterocycles. The molecule has 134 valence electrons. The maximum absolute atomic E-state index is 12.6. The molecule has 6 heteroatoms. The maximum atomic E-state index is 12.6. The third-order valence-electron chi connectivity index (χ3n) is 5.39. The van der Waals surface area contributed by atoms with E-state index in [-0.39, 0.29) is 0 Å². The zero-order valence-corrected chi connectivity index (χ0v) is 15.3. The molecule has 1 aromatic carbocycles. The fourth-order valence-electron chi connectivity index (χ4n) is 3.99. The zero-order chi connectivity index (χ0) is 17.3. The summed E-state index contributed by atoms with van der Waals surface area (Å²) in [5, 5.41) is 4.43. The van der Waals surface area contributed by atoms with Crippen molar-refractivity contribution in [3.05, 3.63) is 46.8 Å². The summed E-state index contributed by atoms with van der Waals surface area (Å²) in [5.74, 6) is 0. The molecule has 2 aliphatic rings. The van der Waals surface area contributed by atoms with Gasteiger partial charge in [-0.2, -0.15) is 5.10 Å². The Labute approximate surface area is 149 Å². The van der Waals surface area contributed by atoms with E-state index in [1.807, 2.05) is 23.0 Å². The Morgan fingerprint density at radius 2 is 1.68 bits per heavy atom. The Morgan fingerprint density at radius 1 is 0.960 bits per heavy atom. The van der Waals surface area contributed by atoms with Crippen LogP contribution in [-0.4, -0.2) is 24.7 Å². The number of aromatic nitrogens is 2. The normalized spacial score (nSPS) is 17.1. The summed E-state index contributed by atoms with van der Waals surface area (Å²) in [4.78, 5) is 0.385. The maximum Gasteiger partial charge on any atom is 0.240 e. The first kappa shape index (κ1) is 16.8. The van der Waals surface area contributed by atoms with Crippen LogP contribution < -0.4 is 4.72 Å². The Balaban J connectivity index is 1.42. The first-order valence-electron chi connectivity index (χ1n) is 9.28. The van der Waals surface area contributed by atoms with E-state index in [1.54, 1.807) is 6.07 Å². The fourth-order valence-corrected chi connectivity index (χ4v) is 5.07. The van der Waals surface area contributed by atoms with E-state index in [2.05, 4.69) is 9.82 Å². The number of rotatable bonds is 5. The van der Waals surface area contributed by atoms with Gasteiger partial charge in [0.25, 0.3) is 0 Å². The molecule has 1 aromatic heterocycles. The summed E-state index contributed by atoms with van der Waals surface area (Å²) in [5.41, 5.74) is 5.09. The number of hydrogen-bond donors (Lipinski definition) is 1. The summed E-state index contributed by atoms with van der Waals surface area (Å²) >= 11 is 0. The van der Waals surface area contributed by atoms with Gasteiger partial charge in [-0.05, 0) is 80.2 Å². The summed E-state index contributed by atoms with van der Waals surface area (Å²) < 4.78 is 29.9. The molecule has 0 radical (unpaired) electrons. The van der Waals surface area contributed by atoms with E-state index in [4.69, 9.17) is 0 Å². The highest BCUT2D eigenvalue weighted by Gasteiger charge is 2.18. The fraction of sp³-hybridized carbons (Fsp3) is 0.526. The lowest BCUT2D eigenvalue weighted by atomic mass is 9.92. The van der Waals surface area contributed by atoms with Crippen LogP contribution in [0.5, 0.6) is 0 Å². The number of fused-ring (bicyclic) bond motifs is 2. The predicted molar refractivity (Wildman–Crippen MR) is 97.1 cm³/mol. The average Bonchev–Trinajstić information content (AvgIpc) is 3.04. The molecule has 25 heavy (non-hydrogen) atoms. The van der Waals surface area contributed by atoms with Crippen LogP contribution in [0.3, 0.4) is 0 Å². The van der Waals surface area contributed by atoms with E-state index in [0.717, 1.165) is 32.1 Å². The van der Waals surface area contributed by atoms with Crippen molar-refractivity contribution in [3.8, 4) is 0 Å². The minimum atomic E-state index is -3.46. The van der Waals surface area contributed by atoms with Gasteiger partial charge in [-0.3, -0.25) is 4.68 Å². The van der Waals surface area contributed by atoms with Crippen LogP contribution in [0.25, 0.3) is 0 Å². The van der Waals surface area contributed by atoms with Crippen LogP contribution in [0.2, 0.25) is 0 Å². The molecule has 5 nitrogen and oxygen atoms in total. The summed E-state index contributed by atoms with van der Waals surface area (Å²) in [6, 6.07) is 5.57. The standard InChI is InChI=1S/C19H25N3O2S/c23-25(24,18-10-9-15-5-1-2-6-16(15)13-18)21-11-12-22-19-8-4-3-7-17(19)14-20-22/h9-10,13-14,21H,1-8,11-12H2. The van der Waals surface area contributed by atoms with E-state index in [1.165, 1.54) is 41.6 Å². The molecule has 2 aromatic rings. The molecule has 2 aliphatic carbocycles. The first-order chi connectivity index (χ1) is 12.1. The zero-order valence-electron chi connectivity index (χ0n) is 14.5. The SMILES string of the molecule is O=S(=O)(NCCn1ncc2c1CCCC2)c1ccc2c(c1)CCCC2. The van der Waals surface area contributed by atoms with Gasteiger partial charge in [0.2, 0.25) is 10.0 Å². The quantitative estimate of drug-likeness (QED) is 0.892. The second-order valence-electron chi connectivity index (χ2n) is 7.08. The minimum absolute atomic E-state index is 0.369. The third kappa shape index (κ3) is 3.51. The van der Waals surface area contributed by atoms with Gasteiger partial charge in [0.05, 0.1) is 17.6 Å². The van der Waals surface area contributed by atoms with E-state index < -0.39 is 10.0 Å². The molecular weight excluding hydrogens is 334 g/mol. The van der Waals surface area contributed by atoms with Gasteiger partial charge in [0, 0.05) is 12.2 Å². The van der Waals surface area contributed by atoms with Crippen LogP contribution in [0.4, 0.5) is 0 Å². The lowest BCUT2D eigenvalue weighted by Crippen LogP contribution is -2.28. The molecule has 0 unspecified atom stereocenters. The number of hydrogen-bond acceptors (Lipinski definition) is 3. The second-order valence-corrected chi connectivity index (χ2v) is 8.85. The molecule has 0 amide bonds. The Bertz CT molecular complexity index is 871. The first-order valence-corrected chi connectivity index (χ1v) is 10.8. The smallest absolute Gasteiger partial charge is 0.240 e. The number of aryl methyl sites for hydroxylation is 3. The number of nitrogens with one attached hydrogen (secondary N) is 1. The molecule has 0 saturated heterocycles. The van der Waals surface area contributed by atoms with Crippen LogP contribution in [-0.2, 0) is 42.3 Å². The molecule has 0 saturated carbocycles. The largest absolute Gasteiger partial charge is 0.268 e. The van der Waals surface area contributed by atoms with Crippen molar-refractivity contribution in [1.29, 1.82) is 0 Å². The average molecular weight is 359 g/mol. The summed E-state index contributed by atoms with van der Waals surface area (Å²) in [7, 11) is -3.46. The predicted octanol–water partition coefficient (Wildman–Crippen LogP) is 2.62. The van der Waals surface area contributed by atoms with Gasteiger partial charge in [-0.25, -0.2) is 13.1 Å². The van der Waals surface area contributed by atoms with E-state index in [9.17, 15) is 8.42 Å². The monoisotopic (exact) mass is 359 g/mol. The molecule has 0 bridgehead atoms. The van der Waals surface area contributed by atoms with Gasteiger partial charge in [-0.15, -0.1) is 0 Å². The van der Waals surface area contributed by atoms with Crippen molar-refractivity contribution in [1.82, 2.24) is 14.5 Å². The van der Waals surface area contributed by atoms with Crippen molar-refractivity contribution in [2.75, 3.05) is 6.54 Å². The van der Waals surface area contributed by atoms with Gasteiger partial charge in [0.15, 0.2) is 0 Å². The highest BCUT2D eigenvalue weighted by Crippen LogP contribution is 2.24. The van der Waals surface area contributed by atoms with E-state index >= 15 is 0 Å². The van der Waals surface area contributed by atoms with Gasteiger partial charge in [0.1, 0.15) is 0 Å². The van der Waals surface area contributed by atoms with Crippen molar-refractivity contribution >= 4 is 10.0 Å². The Hall–Kier alpha value is -1.66. The summed E-state index contributed by atoms with van der Waals surface area (Å²) in [6.07, 6.45) is 10.9. The molecular formula is C19H25N3O2S. The van der Waals surface area contributed by atoms with Crippen molar-refractivity contribution in [2.45, 2.75) is 62.8 Å². The molecule has 0 spiro atoms. The van der Waals surface area contributed by atoms with Crippen LogP contribution >= 0.6 is 0 Å². The molecule has 0 aliphatic heterocycles. The van der Waals surface area contributed by atoms with Crippen LogP contribution in [0, 0.1) is 0 Å². The Morgan fingerprint density at radius 3 is 2.52 bits per heavy atom. The topological polar surface area (TPSA) is 64.0 Å². The lowest BCUT2D eigenvalue weighted by Gasteiger charge is -2.17. The Kier molecular flexibility index (Phi) is 4.65. The minimum Gasteiger partial charge on any atom is -0.268 e. The molecule has 1 N–H and O–H groups in total. The molecule has 0 atom stereocenters. The second kappa shape index (κ2) is 6.92. The van der Waals surface area contributed by atoms with E-state index in [0.29, 0.717) is 18.0 Å². The third-order valence-corrected chi connectivity index (χ3v) is 6.85. The number of nitrogens with zero attached hydrogens (tertiary/aromatic N) is 2. The number of sulfonamides is 1. The van der Waals surface area contributed by atoms with Crippen molar-refractivity contribution < 1.29 is 8.42 Å².